The highest BCUT2D eigenvalue weighted by atomic mass is 14.2. The molecule has 0 saturated heterocycles. The van der Waals surface area contributed by atoms with E-state index >= 15 is 0 Å². The Morgan fingerprint density at radius 1 is 0.426 bits per heavy atom. The molecule has 300 valence electrons. The zero-order valence-corrected chi connectivity index (χ0v) is 32.5. The maximum atomic E-state index is 2.36. The Bertz CT molecular complexity index is 531. The summed E-state index contributed by atoms with van der Waals surface area (Å²) in [7, 11) is 0. The van der Waals surface area contributed by atoms with Crippen LogP contribution < -0.4 is 0 Å². The molecule has 0 saturated carbocycles. The maximum Gasteiger partial charge on any atom is -0.0236 e. The van der Waals surface area contributed by atoms with E-state index in [1.54, 1.807) is 0 Å². The van der Waals surface area contributed by atoms with Gasteiger partial charge < -0.3 is 0 Å². The fourth-order valence-corrected chi connectivity index (χ4v) is 2.27. The van der Waals surface area contributed by atoms with E-state index in [0.717, 1.165) is 41.4 Å². The Kier molecular flexibility index (Phi) is 116. The largest absolute Gasteiger partial charge is 0.0919 e. The molecule has 0 amide bonds. The molecule has 3 atom stereocenters. The number of rotatable bonds is 8. The normalized spacial score (nSPS) is 10.3. The summed E-state index contributed by atoms with van der Waals surface area (Å²) < 4.78 is 0. The summed E-state index contributed by atoms with van der Waals surface area (Å²) in [5.74, 6) is 5.78. The molecule has 0 aliphatic heterocycles. The van der Waals surface area contributed by atoms with Crippen LogP contribution in [0.3, 0.4) is 0 Å². The van der Waals surface area contributed by atoms with E-state index in [1.165, 1.54) is 36.0 Å². The van der Waals surface area contributed by atoms with Gasteiger partial charge in [0.1, 0.15) is 0 Å². The Labute approximate surface area is 311 Å². The molecule has 0 radical (unpaired) electrons. The van der Waals surface area contributed by atoms with Crippen molar-refractivity contribution in [3.05, 3.63) is 47.1 Å². The molecule has 0 bridgehead atoms. The lowest BCUT2D eigenvalue weighted by molar-refractivity contribution is 0.235. The average Bonchev–Trinajstić information content (AvgIpc) is 2.87. The van der Waals surface area contributed by atoms with Crippen molar-refractivity contribution >= 4 is 0 Å². The molecule has 0 aromatic carbocycles. The lowest BCUT2D eigenvalue weighted by Gasteiger charge is -2.26. The maximum absolute atomic E-state index is 2.36. The third kappa shape index (κ3) is 106. The van der Waals surface area contributed by atoms with Crippen molar-refractivity contribution in [1.29, 1.82) is 0 Å². The van der Waals surface area contributed by atoms with Crippen molar-refractivity contribution in [2.75, 3.05) is 0 Å². The van der Waals surface area contributed by atoms with Crippen LogP contribution in [0.15, 0.2) is 47.1 Å². The summed E-state index contributed by atoms with van der Waals surface area (Å²) in [5.41, 5.74) is 4.13. The molecular weight excluding hydrogens is 565 g/mol. The fraction of sp³-hybridized carbons (Fsp3) is 0.830. The average molecular weight is 677 g/mol. The zero-order chi connectivity index (χ0) is 33.4. The van der Waals surface area contributed by atoms with E-state index in [-0.39, 0.29) is 52.0 Å². The Morgan fingerprint density at radius 3 is 0.723 bits per heavy atom. The monoisotopic (exact) mass is 677 g/mol. The summed E-state index contributed by atoms with van der Waals surface area (Å²) in [6, 6.07) is 0. The van der Waals surface area contributed by atoms with E-state index in [1.807, 2.05) is 26.0 Å². The molecular formula is C47H112. The van der Waals surface area contributed by atoms with E-state index in [2.05, 4.69) is 157 Å². The predicted octanol–water partition coefficient (Wildman–Crippen LogP) is 19.6. The van der Waals surface area contributed by atoms with Gasteiger partial charge in [-0.25, -0.2) is 0 Å². The van der Waals surface area contributed by atoms with E-state index in [0.29, 0.717) is 0 Å². The second-order valence-electron chi connectivity index (χ2n) is 13.5. The van der Waals surface area contributed by atoms with Crippen molar-refractivity contribution in [1.82, 2.24) is 0 Å². The van der Waals surface area contributed by atoms with Crippen molar-refractivity contribution in [3.8, 4) is 0 Å². The van der Waals surface area contributed by atoms with Gasteiger partial charge in [-0.2, -0.15) is 0 Å². The van der Waals surface area contributed by atoms with Crippen LogP contribution in [-0.2, 0) is 0 Å². The molecule has 0 fully saturated rings. The van der Waals surface area contributed by atoms with Gasteiger partial charge in [-0.15, -0.1) is 0 Å². The third-order valence-corrected chi connectivity index (χ3v) is 6.98. The van der Waals surface area contributed by atoms with Crippen molar-refractivity contribution in [3.63, 3.8) is 0 Å². The van der Waals surface area contributed by atoms with Crippen molar-refractivity contribution in [2.24, 2.45) is 41.4 Å². The first-order chi connectivity index (χ1) is 18.2. The quantitative estimate of drug-likeness (QED) is 0.177. The van der Waals surface area contributed by atoms with Gasteiger partial charge in [0.15, 0.2) is 0 Å². The number of allylic oxidation sites excluding steroid dienone is 8. The highest BCUT2D eigenvalue weighted by molar-refractivity contribution is 5.12. The molecule has 0 aliphatic rings. The standard InChI is InChI=1S/C10H22.C9H18.C8H14.C5H12.C4H10.C4H8.7CH4/c1-7(2)9(5)10(6)8(3)4;1-7(2)6-9(5)8(3)4;1-7(2)5-6-8(3)4;1-4-5(2)3;2*1-3-4-2;;;;;;;/h7-10H,1-6H3;6,8-9H,1-5H3;5-6H,1-4H3;5H,4H2,1-3H3;3-4H2,1-2H3;3-4H,1-2H3;7*1H4. The van der Waals surface area contributed by atoms with Crippen molar-refractivity contribution in [2.45, 2.75) is 224 Å². The number of hydrogen-bond acceptors (Lipinski definition) is 0. The Morgan fingerprint density at radius 2 is 0.660 bits per heavy atom. The van der Waals surface area contributed by atoms with Gasteiger partial charge in [-0.05, 0) is 96.8 Å². The molecule has 0 spiro atoms. The highest BCUT2D eigenvalue weighted by Gasteiger charge is 2.17. The Hall–Kier alpha value is -1.04. The van der Waals surface area contributed by atoms with Crippen LogP contribution in [0.4, 0.5) is 0 Å². The summed E-state index contributed by atoms with van der Waals surface area (Å²) in [4.78, 5) is 0. The smallest absolute Gasteiger partial charge is 0.0236 e. The van der Waals surface area contributed by atoms with Crippen LogP contribution in [-0.4, -0.2) is 0 Å². The summed E-state index contributed by atoms with van der Waals surface area (Å²) in [5, 5.41) is 0. The lowest BCUT2D eigenvalue weighted by atomic mass is 9.80. The zero-order valence-electron chi connectivity index (χ0n) is 32.5. The van der Waals surface area contributed by atoms with Gasteiger partial charge in [0.2, 0.25) is 0 Å². The predicted molar refractivity (Wildman–Crippen MR) is 244 cm³/mol. The van der Waals surface area contributed by atoms with Crippen LogP contribution in [0.25, 0.3) is 0 Å². The third-order valence-electron chi connectivity index (χ3n) is 6.98. The number of hydrogen-bond donors (Lipinski definition) is 0. The summed E-state index contributed by atoms with van der Waals surface area (Å²) in [6.45, 7) is 48.4. The van der Waals surface area contributed by atoms with E-state index in [4.69, 9.17) is 0 Å². The minimum Gasteiger partial charge on any atom is -0.0919 e. The first kappa shape index (κ1) is 85.5. The van der Waals surface area contributed by atoms with Gasteiger partial charge in [-0.3, -0.25) is 0 Å². The first-order valence-electron chi connectivity index (χ1n) is 16.7. The van der Waals surface area contributed by atoms with E-state index in [9.17, 15) is 0 Å². The molecule has 0 aromatic rings. The van der Waals surface area contributed by atoms with Crippen LogP contribution in [0.5, 0.6) is 0 Å². The van der Waals surface area contributed by atoms with Crippen LogP contribution >= 0.6 is 0 Å². The molecule has 0 nitrogen and oxygen atoms in total. The molecule has 0 aromatic heterocycles. The van der Waals surface area contributed by atoms with Crippen LogP contribution in [0.1, 0.15) is 224 Å². The molecule has 0 heterocycles. The second-order valence-corrected chi connectivity index (χ2v) is 13.5. The highest BCUT2D eigenvalue weighted by Crippen LogP contribution is 2.25. The number of unbranched alkanes of at least 4 members (excludes halogenated alkanes) is 1. The fourth-order valence-electron chi connectivity index (χ4n) is 2.27. The summed E-state index contributed by atoms with van der Waals surface area (Å²) in [6.07, 6.45) is 14.5. The molecule has 47 heavy (non-hydrogen) atoms. The molecule has 0 rings (SSSR count). The van der Waals surface area contributed by atoms with Gasteiger partial charge in [0, 0.05) is 0 Å². The van der Waals surface area contributed by atoms with Gasteiger partial charge >= 0.3 is 0 Å². The molecule has 0 N–H and O–H groups in total. The molecule has 0 aliphatic carbocycles. The lowest BCUT2D eigenvalue weighted by Crippen LogP contribution is -2.18. The first-order valence-corrected chi connectivity index (χ1v) is 16.7. The van der Waals surface area contributed by atoms with Gasteiger partial charge in [0.05, 0.1) is 0 Å². The molecule has 0 heteroatoms. The van der Waals surface area contributed by atoms with Gasteiger partial charge in [-0.1, -0.05) is 215 Å². The minimum atomic E-state index is 0. The minimum absolute atomic E-state index is 0. The van der Waals surface area contributed by atoms with Crippen molar-refractivity contribution < 1.29 is 0 Å². The second kappa shape index (κ2) is 63.6. The van der Waals surface area contributed by atoms with E-state index < -0.39 is 0 Å². The molecule has 3 unspecified atom stereocenters. The van der Waals surface area contributed by atoms with Crippen LogP contribution in [0, 0.1) is 41.4 Å². The van der Waals surface area contributed by atoms with Crippen LogP contribution in [0.2, 0.25) is 0 Å². The topological polar surface area (TPSA) is 0 Å². The summed E-state index contributed by atoms with van der Waals surface area (Å²) >= 11 is 0. The SMILES string of the molecule is C.C.C.C.C.C.C.CC(C)=CC(C)C(C)C.CC(C)=CC=C(C)C.CC(C)C(C)C(C)C(C)C.CC=CC.CCC(C)C.CCCC. The van der Waals surface area contributed by atoms with Gasteiger partial charge in [0.25, 0.3) is 0 Å². The Balaban J connectivity index is -0.0000000268.